The van der Waals surface area contributed by atoms with E-state index in [1.807, 2.05) is 34.7 Å². The zero-order valence-electron chi connectivity index (χ0n) is 13.7. The van der Waals surface area contributed by atoms with Crippen LogP contribution in [0, 0.1) is 0 Å². The number of hydrogen-bond acceptors (Lipinski definition) is 5. The molecule has 1 amide bonds. The van der Waals surface area contributed by atoms with E-state index < -0.39 is 5.60 Å². The number of aryl methyl sites for hydroxylation is 1. The van der Waals surface area contributed by atoms with Gasteiger partial charge in [-0.05, 0) is 40.7 Å². The molecule has 1 N–H and O–H groups in total. The van der Waals surface area contributed by atoms with Crippen LogP contribution in [-0.4, -0.2) is 51.2 Å². The molecule has 0 atom stereocenters. The van der Waals surface area contributed by atoms with E-state index in [0.717, 1.165) is 25.2 Å². The summed E-state index contributed by atoms with van der Waals surface area (Å²) in [5.74, 6) is 0. The third kappa shape index (κ3) is 6.57. The van der Waals surface area contributed by atoms with Crippen molar-refractivity contribution in [1.82, 2.24) is 25.2 Å². The Kier molecular flexibility index (Phi) is 6.61. The lowest BCUT2D eigenvalue weighted by molar-refractivity contribution is 0.0258. The number of carbonyl (C=O) groups is 1. The molecule has 0 fully saturated rings. The highest BCUT2D eigenvalue weighted by molar-refractivity contribution is 5.68. The minimum atomic E-state index is -0.449. The van der Waals surface area contributed by atoms with Gasteiger partial charge in [0.1, 0.15) is 5.60 Å². The number of nitrogens with one attached hydrogen (secondary N) is 1. The van der Waals surface area contributed by atoms with Gasteiger partial charge in [-0.25, -0.2) is 4.79 Å². The second-order valence-electron chi connectivity index (χ2n) is 5.94. The van der Waals surface area contributed by atoms with E-state index in [4.69, 9.17) is 4.74 Å². The van der Waals surface area contributed by atoms with Gasteiger partial charge in [0.2, 0.25) is 0 Å². The van der Waals surface area contributed by atoms with Gasteiger partial charge in [0, 0.05) is 26.7 Å². The number of ether oxygens (including phenoxy) is 1. The topological polar surface area (TPSA) is 72.3 Å². The lowest BCUT2D eigenvalue weighted by atomic mass is 10.2. The molecular formula is C14H27N5O2. The predicted octanol–water partition coefficient (Wildman–Crippen LogP) is 1.55. The molecule has 0 aliphatic rings. The molecule has 0 radical (unpaired) electrons. The summed E-state index contributed by atoms with van der Waals surface area (Å²) in [5, 5.41) is 11.0. The summed E-state index contributed by atoms with van der Waals surface area (Å²) in [7, 11) is 1.87. The van der Waals surface area contributed by atoms with Crippen molar-refractivity contribution < 1.29 is 9.53 Å². The summed E-state index contributed by atoms with van der Waals surface area (Å²) in [5.41, 5.74) is 0.587. The van der Waals surface area contributed by atoms with Crippen LogP contribution in [0.5, 0.6) is 0 Å². The normalized spacial score (nSPS) is 11.5. The second kappa shape index (κ2) is 7.97. The standard InChI is InChI=1S/C14H27N5O2/c1-6-19(13(20)21-14(2,3)4)9-7-8-15-10-12-11-16-17-18(12)5/h11,15H,6-10H2,1-5H3. The summed E-state index contributed by atoms with van der Waals surface area (Å²) in [6.07, 6.45) is 2.37. The smallest absolute Gasteiger partial charge is 0.410 e. The Morgan fingerprint density at radius 2 is 2.19 bits per heavy atom. The Morgan fingerprint density at radius 3 is 2.71 bits per heavy atom. The van der Waals surface area contributed by atoms with Crippen LogP contribution in [0.1, 0.15) is 39.8 Å². The molecule has 0 unspecified atom stereocenters. The number of hydrogen-bond donors (Lipinski definition) is 1. The first-order chi connectivity index (χ1) is 9.83. The van der Waals surface area contributed by atoms with Gasteiger partial charge in [0.05, 0.1) is 11.9 Å². The monoisotopic (exact) mass is 297 g/mol. The van der Waals surface area contributed by atoms with Crippen LogP contribution in [0.15, 0.2) is 6.20 Å². The van der Waals surface area contributed by atoms with Gasteiger partial charge in [0.15, 0.2) is 0 Å². The lowest BCUT2D eigenvalue weighted by Gasteiger charge is -2.26. The van der Waals surface area contributed by atoms with Crippen LogP contribution in [0.4, 0.5) is 4.79 Å². The molecule has 1 aromatic rings. The van der Waals surface area contributed by atoms with Gasteiger partial charge in [0.25, 0.3) is 0 Å². The first-order valence-corrected chi connectivity index (χ1v) is 7.35. The summed E-state index contributed by atoms with van der Waals surface area (Å²) in [4.78, 5) is 13.7. The van der Waals surface area contributed by atoms with E-state index in [1.165, 1.54) is 0 Å². The largest absolute Gasteiger partial charge is 0.444 e. The van der Waals surface area contributed by atoms with Crippen LogP contribution in [0.2, 0.25) is 0 Å². The Labute approximate surface area is 126 Å². The van der Waals surface area contributed by atoms with Crippen molar-refractivity contribution >= 4 is 6.09 Å². The summed E-state index contributed by atoms with van der Waals surface area (Å²) in [6, 6.07) is 0. The molecule has 1 heterocycles. The Bertz CT molecular complexity index is 439. The molecule has 0 aromatic carbocycles. The maximum absolute atomic E-state index is 11.9. The molecule has 7 heteroatoms. The first-order valence-electron chi connectivity index (χ1n) is 7.35. The molecule has 0 aliphatic heterocycles. The van der Waals surface area contributed by atoms with Gasteiger partial charge >= 0.3 is 6.09 Å². The van der Waals surface area contributed by atoms with Crippen LogP contribution >= 0.6 is 0 Å². The predicted molar refractivity (Wildman–Crippen MR) is 80.8 cm³/mol. The van der Waals surface area contributed by atoms with Crippen molar-refractivity contribution in [2.24, 2.45) is 7.05 Å². The van der Waals surface area contributed by atoms with E-state index in [2.05, 4.69) is 15.6 Å². The zero-order valence-corrected chi connectivity index (χ0v) is 13.7. The van der Waals surface area contributed by atoms with Crippen molar-refractivity contribution in [3.63, 3.8) is 0 Å². The molecule has 7 nitrogen and oxygen atoms in total. The first kappa shape index (κ1) is 17.4. The summed E-state index contributed by atoms with van der Waals surface area (Å²) < 4.78 is 7.11. The van der Waals surface area contributed by atoms with E-state index in [-0.39, 0.29) is 6.09 Å². The van der Waals surface area contributed by atoms with Crippen LogP contribution in [0.3, 0.4) is 0 Å². The maximum atomic E-state index is 11.9. The van der Waals surface area contributed by atoms with Gasteiger partial charge in [-0.1, -0.05) is 5.21 Å². The van der Waals surface area contributed by atoms with Gasteiger partial charge in [-0.15, -0.1) is 5.10 Å². The Balaban J connectivity index is 2.23. The minimum absolute atomic E-state index is 0.249. The minimum Gasteiger partial charge on any atom is -0.444 e. The lowest BCUT2D eigenvalue weighted by Crippen LogP contribution is -2.38. The van der Waals surface area contributed by atoms with Crippen LogP contribution in [0.25, 0.3) is 0 Å². The molecule has 0 aliphatic carbocycles. The fourth-order valence-corrected chi connectivity index (χ4v) is 1.79. The molecule has 1 aromatic heterocycles. The molecule has 0 spiro atoms. The molecule has 120 valence electrons. The van der Waals surface area contributed by atoms with Gasteiger partial charge in [-0.3, -0.25) is 4.68 Å². The van der Waals surface area contributed by atoms with Crippen molar-refractivity contribution in [1.29, 1.82) is 0 Å². The molecule has 0 saturated carbocycles. The average molecular weight is 297 g/mol. The Morgan fingerprint density at radius 1 is 1.48 bits per heavy atom. The SMILES string of the molecule is CCN(CCCNCc1cnnn1C)C(=O)OC(C)(C)C. The maximum Gasteiger partial charge on any atom is 0.410 e. The van der Waals surface area contributed by atoms with E-state index in [9.17, 15) is 4.79 Å². The van der Waals surface area contributed by atoms with E-state index in [1.54, 1.807) is 15.8 Å². The third-order valence-corrected chi connectivity index (χ3v) is 2.93. The van der Waals surface area contributed by atoms with E-state index in [0.29, 0.717) is 13.1 Å². The molecule has 1 rings (SSSR count). The van der Waals surface area contributed by atoms with Gasteiger partial charge < -0.3 is 15.0 Å². The second-order valence-corrected chi connectivity index (χ2v) is 5.94. The highest BCUT2D eigenvalue weighted by Gasteiger charge is 2.20. The molecule has 21 heavy (non-hydrogen) atoms. The van der Waals surface area contributed by atoms with Crippen molar-refractivity contribution in [3.05, 3.63) is 11.9 Å². The number of rotatable bonds is 7. The van der Waals surface area contributed by atoms with Crippen molar-refractivity contribution in [2.45, 2.75) is 46.3 Å². The fourth-order valence-electron chi connectivity index (χ4n) is 1.79. The van der Waals surface area contributed by atoms with E-state index >= 15 is 0 Å². The molecule has 0 saturated heterocycles. The molecule has 0 bridgehead atoms. The fraction of sp³-hybridized carbons (Fsp3) is 0.786. The molecular weight excluding hydrogens is 270 g/mol. The quantitative estimate of drug-likeness (QED) is 0.773. The average Bonchev–Trinajstić information content (AvgIpc) is 2.77. The number of carbonyl (C=O) groups excluding carboxylic acids is 1. The number of nitrogens with zero attached hydrogens (tertiary/aromatic N) is 4. The van der Waals surface area contributed by atoms with Gasteiger partial charge in [-0.2, -0.15) is 0 Å². The third-order valence-electron chi connectivity index (χ3n) is 2.93. The zero-order chi connectivity index (χ0) is 15.9. The van der Waals surface area contributed by atoms with Crippen LogP contribution in [-0.2, 0) is 18.3 Å². The summed E-state index contributed by atoms with van der Waals surface area (Å²) in [6.45, 7) is 10.5. The summed E-state index contributed by atoms with van der Waals surface area (Å²) >= 11 is 0. The van der Waals surface area contributed by atoms with Crippen molar-refractivity contribution in [3.8, 4) is 0 Å². The highest BCUT2D eigenvalue weighted by atomic mass is 16.6. The van der Waals surface area contributed by atoms with Crippen LogP contribution < -0.4 is 5.32 Å². The van der Waals surface area contributed by atoms with Crippen molar-refractivity contribution in [2.75, 3.05) is 19.6 Å². The Hall–Kier alpha value is -1.63. The highest BCUT2D eigenvalue weighted by Crippen LogP contribution is 2.10. The number of amides is 1. The number of aromatic nitrogens is 3.